The van der Waals surface area contributed by atoms with Gasteiger partial charge in [0.15, 0.2) is 0 Å². The van der Waals surface area contributed by atoms with E-state index in [-0.39, 0.29) is 0 Å². The normalized spacial score (nSPS) is 27.3. The fourth-order valence-corrected chi connectivity index (χ4v) is 1.56. The Kier molecular flexibility index (Phi) is 2.67. The molecule has 2 rings (SSSR count). The van der Waals surface area contributed by atoms with Gasteiger partial charge < -0.3 is 9.47 Å². The molecule has 1 heterocycles. The van der Waals surface area contributed by atoms with Gasteiger partial charge in [0.05, 0.1) is 25.6 Å². The molecule has 0 N–H and O–H groups in total. The quantitative estimate of drug-likeness (QED) is 0.365. The van der Waals surface area contributed by atoms with Gasteiger partial charge in [0.25, 0.3) is 0 Å². The van der Waals surface area contributed by atoms with E-state index in [0.717, 1.165) is 19.6 Å². The molecule has 0 spiro atoms. The Bertz CT molecular complexity index is 163. The Morgan fingerprint density at radius 2 is 2.17 bits per heavy atom. The van der Waals surface area contributed by atoms with Gasteiger partial charge in [-0.05, 0) is 31.3 Å². The van der Waals surface area contributed by atoms with Crippen LogP contribution >= 0.6 is 0 Å². The summed E-state index contributed by atoms with van der Waals surface area (Å²) < 4.78 is 10.5. The fourth-order valence-electron chi connectivity index (χ4n) is 1.56. The van der Waals surface area contributed by atoms with Crippen molar-refractivity contribution in [3.05, 3.63) is 11.8 Å². The summed E-state index contributed by atoms with van der Waals surface area (Å²) in [5.41, 5.74) is 1.49. The average molecular weight is 168 g/mol. The first-order valence-electron chi connectivity index (χ1n) is 4.86. The summed E-state index contributed by atoms with van der Waals surface area (Å²) in [7, 11) is 0. The summed E-state index contributed by atoms with van der Waals surface area (Å²) in [6.07, 6.45) is 8.73. The van der Waals surface area contributed by atoms with Crippen LogP contribution in [0.25, 0.3) is 0 Å². The largest absolute Gasteiger partial charge is 0.501 e. The highest BCUT2D eigenvalue weighted by atomic mass is 16.6. The van der Waals surface area contributed by atoms with Crippen molar-refractivity contribution < 1.29 is 9.47 Å². The first-order valence-corrected chi connectivity index (χ1v) is 4.86. The summed E-state index contributed by atoms with van der Waals surface area (Å²) >= 11 is 0. The second-order valence-corrected chi connectivity index (χ2v) is 3.60. The van der Waals surface area contributed by atoms with E-state index >= 15 is 0 Å². The van der Waals surface area contributed by atoms with Crippen LogP contribution in [0, 0.1) is 0 Å². The van der Waals surface area contributed by atoms with Gasteiger partial charge in [-0.25, -0.2) is 0 Å². The van der Waals surface area contributed by atoms with Crippen molar-refractivity contribution in [3.8, 4) is 0 Å². The lowest BCUT2D eigenvalue weighted by Gasteiger charge is -1.99. The molecule has 0 amide bonds. The van der Waals surface area contributed by atoms with Crippen LogP contribution in [0.3, 0.4) is 0 Å². The molecule has 1 aliphatic heterocycles. The molecule has 1 saturated heterocycles. The molecule has 0 radical (unpaired) electrons. The third-order valence-electron chi connectivity index (χ3n) is 2.46. The van der Waals surface area contributed by atoms with Crippen molar-refractivity contribution in [1.29, 1.82) is 0 Å². The van der Waals surface area contributed by atoms with Gasteiger partial charge >= 0.3 is 0 Å². The highest BCUT2D eigenvalue weighted by Crippen LogP contribution is 2.23. The van der Waals surface area contributed by atoms with E-state index in [1.54, 1.807) is 0 Å². The molecule has 1 atom stereocenters. The van der Waals surface area contributed by atoms with Crippen molar-refractivity contribution in [2.24, 2.45) is 0 Å². The number of hydrogen-bond donors (Lipinski definition) is 0. The molecule has 1 saturated carbocycles. The number of epoxide rings is 1. The van der Waals surface area contributed by atoms with Gasteiger partial charge in [0, 0.05) is 6.42 Å². The van der Waals surface area contributed by atoms with Crippen molar-refractivity contribution >= 4 is 0 Å². The number of rotatable bonds is 4. The zero-order valence-corrected chi connectivity index (χ0v) is 7.42. The molecular formula is C10H16O2. The molecule has 0 aromatic carbocycles. The predicted octanol–water partition coefficient (Wildman–Crippen LogP) is 2.25. The van der Waals surface area contributed by atoms with E-state index in [1.807, 2.05) is 6.26 Å². The van der Waals surface area contributed by atoms with Crippen molar-refractivity contribution in [2.75, 3.05) is 13.2 Å². The zero-order chi connectivity index (χ0) is 8.23. The van der Waals surface area contributed by atoms with Crippen molar-refractivity contribution in [3.63, 3.8) is 0 Å². The molecule has 0 bridgehead atoms. The van der Waals surface area contributed by atoms with Gasteiger partial charge in [-0.3, -0.25) is 0 Å². The van der Waals surface area contributed by atoms with Crippen LogP contribution in [0.15, 0.2) is 11.8 Å². The maximum absolute atomic E-state index is 5.43. The van der Waals surface area contributed by atoms with Crippen LogP contribution in [0.2, 0.25) is 0 Å². The van der Waals surface area contributed by atoms with Gasteiger partial charge in [-0.2, -0.15) is 0 Å². The molecule has 2 fully saturated rings. The van der Waals surface area contributed by atoms with Crippen LogP contribution in [0.1, 0.15) is 32.1 Å². The van der Waals surface area contributed by atoms with Gasteiger partial charge in [0.2, 0.25) is 0 Å². The van der Waals surface area contributed by atoms with E-state index in [2.05, 4.69) is 0 Å². The maximum Gasteiger partial charge on any atom is 0.0898 e. The molecule has 68 valence electrons. The molecule has 2 aliphatic rings. The van der Waals surface area contributed by atoms with Gasteiger partial charge in [-0.1, -0.05) is 0 Å². The Morgan fingerprint density at radius 3 is 2.83 bits per heavy atom. The predicted molar refractivity (Wildman–Crippen MR) is 46.9 cm³/mol. The van der Waals surface area contributed by atoms with Gasteiger partial charge in [-0.15, -0.1) is 0 Å². The molecule has 2 heteroatoms. The van der Waals surface area contributed by atoms with Crippen LogP contribution < -0.4 is 0 Å². The SMILES string of the molecule is C(OCCC1CO1)=C1CCCC1. The van der Waals surface area contributed by atoms with E-state index < -0.39 is 0 Å². The third kappa shape index (κ3) is 2.52. The van der Waals surface area contributed by atoms with Crippen molar-refractivity contribution in [1.82, 2.24) is 0 Å². The monoisotopic (exact) mass is 168 g/mol. The Hall–Kier alpha value is -0.500. The topological polar surface area (TPSA) is 21.8 Å². The van der Waals surface area contributed by atoms with E-state index in [4.69, 9.17) is 9.47 Å². The number of allylic oxidation sites excluding steroid dienone is 1. The summed E-state index contributed by atoms with van der Waals surface area (Å²) in [6.45, 7) is 1.77. The Labute approximate surface area is 73.5 Å². The summed E-state index contributed by atoms with van der Waals surface area (Å²) in [5.74, 6) is 0. The highest BCUT2D eigenvalue weighted by Gasteiger charge is 2.21. The molecular weight excluding hydrogens is 152 g/mol. The first kappa shape index (κ1) is 8.11. The van der Waals surface area contributed by atoms with Crippen molar-refractivity contribution in [2.45, 2.75) is 38.2 Å². The summed E-state index contributed by atoms with van der Waals surface area (Å²) in [4.78, 5) is 0. The second kappa shape index (κ2) is 3.94. The molecule has 0 aromatic heterocycles. The molecule has 1 unspecified atom stereocenters. The third-order valence-corrected chi connectivity index (χ3v) is 2.46. The number of hydrogen-bond acceptors (Lipinski definition) is 2. The second-order valence-electron chi connectivity index (χ2n) is 3.60. The Balaban J connectivity index is 1.56. The standard InChI is InChI=1S/C10H16O2/c1-2-4-9(3-1)7-11-6-5-10-8-12-10/h7,10H,1-6,8H2. The summed E-state index contributed by atoms with van der Waals surface area (Å²) in [5, 5.41) is 0. The first-order chi connectivity index (χ1) is 5.95. The molecule has 12 heavy (non-hydrogen) atoms. The number of ether oxygens (including phenoxy) is 2. The average Bonchev–Trinajstić information content (AvgIpc) is 2.76. The fraction of sp³-hybridized carbons (Fsp3) is 0.800. The Morgan fingerprint density at radius 1 is 1.42 bits per heavy atom. The molecule has 0 aromatic rings. The van der Waals surface area contributed by atoms with E-state index in [9.17, 15) is 0 Å². The summed E-state index contributed by atoms with van der Waals surface area (Å²) in [6, 6.07) is 0. The lowest BCUT2D eigenvalue weighted by Crippen LogP contribution is -1.93. The smallest absolute Gasteiger partial charge is 0.0898 e. The minimum absolute atomic E-state index is 0.506. The van der Waals surface area contributed by atoms with E-state index in [1.165, 1.54) is 31.3 Å². The van der Waals surface area contributed by atoms with E-state index in [0.29, 0.717) is 6.10 Å². The van der Waals surface area contributed by atoms with Crippen LogP contribution in [0.5, 0.6) is 0 Å². The zero-order valence-electron chi connectivity index (χ0n) is 7.42. The van der Waals surface area contributed by atoms with Crippen LogP contribution in [-0.4, -0.2) is 19.3 Å². The lowest BCUT2D eigenvalue weighted by molar-refractivity contribution is 0.225. The highest BCUT2D eigenvalue weighted by molar-refractivity contribution is 5.02. The van der Waals surface area contributed by atoms with Crippen LogP contribution in [0.4, 0.5) is 0 Å². The van der Waals surface area contributed by atoms with Crippen LogP contribution in [-0.2, 0) is 9.47 Å². The minimum Gasteiger partial charge on any atom is -0.501 e. The molecule has 1 aliphatic carbocycles. The lowest BCUT2D eigenvalue weighted by atomic mass is 10.3. The van der Waals surface area contributed by atoms with Gasteiger partial charge in [0.1, 0.15) is 0 Å². The molecule has 2 nitrogen and oxygen atoms in total. The maximum atomic E-state index is 5.43. The minimum atomic E-state index is 0.506.